The van der Waals surface area contributed by atoms with Gasteiger partial charge >= 0.3 is 0 Å². The lowest BCUT2D eigenvalue weighted by molar-refractivity contribution is -0.0441. The summed E-state index contributed by atoms with van der Waals surface area (Å²) >= 11 is 0. The van der Waals surface area contributed by atoms with E-state index in [-0.39, 0.29) is 6.29 Å². The van der Waals surface area contributed by atoms with Crippen LogP contribution in [0.1, 0.15) is 50.0 Å². The molecule has 3 rings (SSSR count). The van der Waals surface area contributed by atoms with Gasteiger partial charge in [-0.15, -0.1) is 0 Å². The molecule has 2 aliphatic rings. The van der Waals surface area contributed by atoms with Crippen LogP contribution in [-0.4, -0.2) is 13.2 Å². The average molecular weight is 260 g/mol. The summed E-state index contributed by atoms with van der Waals surface area (Å²) in [6.45, 7) is 3.83. The van der Waals surface area contributed by atoms with E-state index in [0.717, 1.165) is 25.0 Å². The molecule has 1 saturated heterocycles. The Kier molecular flexibility index (Phi) is 4.19. The summed E-state index contributed by atoms with van der Waals surface area (Å²) in [6.07, 6.45) is 6.68. The van der Waals surface area contributed by atoms with Crippen molar-refractivity contribution in [1.29, 1.82) is 0 Å². The molecular weight excluding hydrogens is 236 g/mol. The van der Waals surface area contributed by atoms with Crippen LogP contribution >= 0.6 is 0 Å². The minimum atomic E-state index is -0.134. The number of hydrogen-bond donors (Lipinski definition) is 0. The Morgan fingerprint density at radius 2 is 2.00 bits per heavy atom. The van der Waals surface area contributed by atoms with Crippen LogP contribution in [0.3, 0.4) is 0 Å². The highest BCUT2D eigenvalue weighted by Gasteiger charge is 2.21. The molecule has 0 radical (unpaired) electrons. The molecule has 1 aliphatic heterocycles. The van der Waals surface area contributed by atoms with Crippen molar-refractivity contribution >= 4 is 0 Å². The molecule has 1 aliphatic carbocycles. The number of rotatable bonds is 3. The second-order valence-electron chi connectivity index (χ2n) is 6.16. The van der Waals surface area contributed by atoms with Gasteiger partial charge in [0.05, 0.1) is 13.2 Å². The van der Waals surface area contributed by atoms with Crippen LogP contribution < -0.4 is 0 Å². The van der Waals surface area contributed by atoms with Crippen LogP contribution in [0.5, 0.6) is 0 Å². The zero-order valence-corrected chi connectivity index (χ0v) is 11.8. The van der Waals surface area contributed by atoms with Gasteiger partial charge in [-0.2, -0.15) is 0 Å². The average Bonchev–Trinajstić information content (AvgIpc) is 2.93. The summed E-state index contributed by atoms with van der Waals surface area (Å²) in [4.78, 5) is 0. The smallest absolute Gasteiger partial charge is 0.184 e. The molecule has 0 spiro atoms. The molecule has 2 nitrogen and oxygen atoms in total. The third-order valence-corrected chi connectivity index (χ3v) is 4.41. The number of benzene rings is 1. The summed E-state index contributed by atoms with van der Waals surface area (Å²) in [5, 5.41) is 0. The van der Waals surface area contributed by atoms with Crippen molar-refractivity contribution in [3.63, 3.8) is 0 Å². The Hall–Kier alpha value is -0.860. The fraction of sp³-hybridized carbons (Fsp3) is 0.647. The van der Waals surface area contributed by atoms with Gasteiger partial charge in [-0.25, -0.2) is 0 Å². The van der Waals surface area contributed by atoms with E-state index < -0.39 is 0 Å². The van der Waals surface area contributed by atoms with E-state index in [0.29, 0.717) is 0 Å². The van der Waals surface area contributed by atoms with Crippen molar-refractivity contribution < 1.29 is 9.47 Å². The number of ether oxygens (including phenoxy) is 2. The Balaban J connectivity index is 1.65. The second kappa shape index (κ2) is 6.06. The van der Waals surface area contributed by atoms with Crippen LogP contribution in [0.2, 0.25) is 0 Å². The van der Waals surface area contributed by atoms with Crippen molar-refractivity contribution in [2.45, 2.75) is 45.3 Å². The first-order chi connectivity index (χ1) is 9.31. The second-order valence-corrected chi connectivity index (χ2v) is 6.16. The Morgan fingerprint density at radius 1 is 1.16 bits per heavy atom. The van der Waals surface area contributed by atoms with Gasteiger partial charge in [0.25, 0.3) is 0 Å². The third-order valence-electron chi connectivity index (χ3n) is 4.41. The first-order valence-electron chi connectivity index (χ1n) is 7.63. The minimum absolute atomic E-state index is 0.134. The molecule has 0 aromatic heterocycles. The highest BCUT2D eigenvalue weighted by atomic mass is 16.7. The van der Waals surface area contributed by atoms with E-state index in [9.17, 15) is 0 Å². The Labute approximate surface area is 116 Å². The van der Waals surface area contributed by atoms with Crippen molar-refractivity contribution in [2.24, 2.45) is 11.8 Å². The minimum Gasteiger partial charge on any atom is -0.346 e. The molecule has 2 atom stereocenters. The molecule has 1 heterocycles. The van der Waals surface area contributed by atoms with Gasteiger partial charge in [-0.05, 0) is 30.2 Å². The maximum absolute atomic E-state index is 5.58. The first kappa shape index (κ1) is 13.1. The Bertz CT molecular complexity index is 409. The lowest BCUT2D eigenvalue weighted by Gasteiger charge is -2.26. The quantitative estimate of drug-likeness (QED) is 0.814. The van der Waals surface area contributed by atoms with Gasteiger partial charge in [0.15, 0.2) is 6.29 Å². The lowest BCUT2D eigenvalue weighted by atomic mass is 9.79. The largest absolute Gasteiger partial charge is 0.346 e. The zero-order valence-electron chi connectivity index (χ0n) is 11.8. The molecule has 104 valence electrons. The van der Waals surface area contributed by atoms with Crippen LogP contribution in [0, 0.1) is 11.8 Å². The van der Waals surface area contributed by atoms with Gasteiger partial charge < -0.3 is 9.47 Å². The van der Waals surface area contributed by atoms with E-state index in [2.05, 4.69) is 31.2 Å². The van der Waals surface area contributed by atoms with E-state index >= 15 is 0 Å². The third kappa shape index (κ3) is 3.37. The summed E-state index contributed by atoms with van der Waals surface area (Å²) in [6, 6.07) is 8.78. The molecule has 0 N–H and O–H groups in total. The molecule has 19 heavy (non-hydrogen) atoms. The first-order valence-corrected chi connectivity index (χ1v) is 7.63. The molecular formula is C17H24O2. The fourth-order valence-electron chi connectivity index (χ4n) is 3.50. The molecule has 1 aromatic rings. The highest BCUT2D eigenvalue weighted by Crippen LogP contribution is 2.32. The fourth-order valence-corrected chi connectivity index (χ4v) is 3.50. The van der Waals surface area contributed by atoms with E-state index in [4.69, 9.17) is 9.47 Å². The van der Waals surface area contributed by atoms with Crippen LogP contribution in [0.15, 0.2) is 24.3 Å². The topological polar surface area (TPSA) is 18.5 Å². The summed E-state index contributed by atoms with van der Waals surface area (Å²) in [7, 11) is 0. The predicted octanol–water partition coefficient (Wildman–Crippen LogP) is 4.10. The van der Waals surface area contributed by atoms with Gasteiger partial charge in [0.2, 0.25) is 0 Å². The molecule has 2 fully saturated rings. The van der Waals surface area contributed by atoms with Crippen LogP contribution in [0.25, 0.3) is 0 Å². The van der Waals surface area contributed by atoms with Crippen molar-refractivity contribution in [1.82, 2.24) is 0 Å². The van der Waals surface area contributed by atoms with E-state index in [1.807, 2.05) is 0 Å². The molecule has 1 saturated carbocycles. The van der Waals surface area contributed by atoms with Gasteiger partial charge in [-0.3, -0.25) is 0 Å². The molecule has 2 heteroatoms. The summed E-state index contributed by atoms with van der Waals surface area (Å²) < 4.78 is 11.2. The van der Waals surface area contributed by atoms with E-state index in [1.54, 1.807) is 0 Å². The SMILES string of the molecule is CC1CCCC(Cc2cccc(C3OCCO3)c2)C1. The maximum Gasteiger partial charge on any atom is 0.184 e. The molecule has 0 amide bonds. The van der Waals surface area contributed by atoms with Crippen molar-refractivity contribution in [3.05, 3.63) is 35.4 Å². The van der Waals surface area contributed by atoms with Crippen LogP contribution in [-0.2, 0) is 15.9 Å². The molecule has 2 unspecified atom stereocenters. The van der Waals surface area contributed by atoms with Gasteiger partial charge in [0.1, 0.15) is 0 Å². The summed E-state index contributed by atoms with van der Waals surface area (Å²) in [5.74, 6) is 1.77. The predicted molar refractivity (Wildman–Crippen MR) is 75.9 cm³/mol. The van der Waals surface area contributed by atoms with Crippen LogP contribution in [0.4, 0.5) is 0 Å². The zero-order chi connectivity index (χ0) is 13.1. The van der Waals surface area contributed by atoms with Gasteiger partial charge in [0, 0.05) is 5.56 Å². The monoisotopic (exact) mass is 260 g/mol. The number of hydrogen-bond acceptors (Lipinski definition) is 2. The highest BCUT2D eigenvalue weighted by molar-refractivity contribution is 5.25. The van der Waals surface area contributed by atoms with Crippen molar-refractivity contribution in [2.75, 3.05) is 13.2 Å². The van der Waals surface area contributed by atoms with Crippen molar-refractivity contribution in [3.8, 4) is 0 Å². The maximum atomic E-state index is 5.58. The van der Waals surface area contributed by atoms with Gasteiger partial charge in [-0.1, -0.05) is 50.5 Å². The molecule has 1 aromatic carbocycles. The molecule has 0 bridgehead atoms. The summed E-state index contributed by atoms with van der Waals surface area (Å²) in [5.41, 5.74) is 2.62. The standard InChI is InChI=1S/C17H24O2/c1-13-4-2-5-14(10-13)11-15-6-3-7-16(12-15)17-18-8-9-19-17/h3,6-7,12-14,17H,2,4-5,8-11H2,1H3. The lowest BCUT2D eigenvalue weighted by Crippen LogP contribution is -2.15. The van der Waals surface area contributed by atoms with E-state index in [1.165, 1.54) is 43.2 Å². The normalized spacial score (nSPS) is 28.7. The Morgan fingerprint density at radius 3 is 2.79 bits per heavy atom.